The smallest absolute Gasteiger partial charge is 0.121 e. The number of rotatable bonds is 4. The van der Waals surface area contributed by atoms with Crippen molar-refractivity contribution in [2.24, 2.45) is 5.41 Å². The van der Waals surface area contributed by atoms with E-state index in [0.29, 0.717) is 17.0 Å². The van der Waals surface area contributed by atoms with Crippen molar-refractivity contribution in [3.05, 3.63) is 28.8 Å². The highest BCUT2D eigenvalue weighted by Gasteiger charge is 2.26. The van der Waals surface area contributed by atoms with Crippen LogP contribution >= 0.6 is 11.6 Å². The summed E-state index contributed by atoms with van der Waals surface area (Å²) in [5.41, 5.74) is 1.22. The fourth-order valence-corrected chi connectivity index (χ4v) is 3.03. The van der Waals surface area contributed by atoms with Gasteiger partial charge in [0, 0.05) is 23.7 Å². The van der Waals surface area contributed by atoms with Gasteiger partial charge in [-0.1, -0.05) is 43.9 Å². The van der Waals surface area contributed by atoms with E-state index in [-0.39, 0.29) is 5.75 Å². The van der Waals surface area contributed by atoms with Crippen LogP contribution in [0, 0.1) is 5.41 Å². The highest BCUT2D eigenvalue weighted by atomic mass is 35.5. The van der Waals surface area contributed by atoms with Crippen molar-refractivity contribution in [2.45, 2.75) is 45.6 Å². The topological polar surface area (TPSA) is 32.3 Å². The van der Waals surface area contributed by atoms with Crippen molar-refractivity contribution < 1.29 is 5.11 Å². The standard InChI is InChI=1S/C15H22ClNO/c1-15(8-3-2-4-9-15)11-17-10-12-13(16)6-5-7-14(12)18/h5-7,17-18H,2-4,8-11H2,1H3. The van der Waals surface area contributed by atoms with E-state index in [1.54, 1.807) is 12.1 Å². The number of phenolic OH excluding ortho intramolecular Hbond substituents is 1. The zero-order valence-electron chi connectivity index (χ0n) is 11.0. The maximum absolute atomic E-state index is 9.77. The third kappa shape index (κ3) is 3.39. The summed E-state index contributed by atoms with van der Waals surface area (Å²) < 4.78 is 0. The van der Waals surface area contributed by atoms with E-state index in [1.165, 1.54) is 32.1 Å². The van der Waals surface area contributed by atoms with Crippen LogP contribution in [0.15, 0.2) is 18.2 Å². The molecule has 1 aromatic carbocycles. The Morgan fingerprint density at radius 2 is 2.00 bits per heavy atom. The lowest BCUT2D eigenvalue weighted by molar-refractivity contribution is 0.207. The number of benzene rings is 1. The minimum Gasteiger partial charge on any atom is -0.508 e. The van der Waals surface area contributed by atoms with Crippen LogP contribution in [-0.2, 0) is 6.54 Å². The molecule has 0 atom stereocenters. The number of nitrogens with one attached hydrogen (secondary N) is 1. The maximum atomic E-state index is 9.77. The number of halogens is 1. The van der Waals surface area contributed by atoms with Gasteiger partial charge in [0.1, 0.15) is 5.75 Å². The van der Waals surface area contributed by atoms with Crippen molar-refractivity contribution >= 4 is 11.6 Å². The van der Waals surface area contributed by atoms with Gasteiger partial charge in [0.15, 0.2) is 0 Å². The SMILES string of the molecule is CC1(CNCc2c(O)cccc2Cl)CCCCC1. The summed E-state index contributed by atoms with van der Waals surface area (Å²) in [6.07, 6.45) is 6.66. The Labute approximate surface area is 114 Å². The van der Waals surface area contributed by atoms with Crippen molar-refractivity contribution in [3.8, 4) is 5.75 Å². The molecule has 2 N–H and O–H groups in total. The fourth-order valence-electron chi connectivity index (χ4n) is 2.79. The molecule has 18 heavy (non-hydrogen) atoms. The van der Waals surface area contributed by atoms with Crippen LogP contribution in [0.2, 0.25) is 5.02 Å². The second kappa shape index (κ2) is 5.94. The van der Waals surface area contributed by atoms with E-state index >= 15 is 0 Å². The Hall–Kier alpha value is -0.730. The van der Waals surface area contributed by atoms with E-state index in [9.17, 15) is 5.11 Å². The van der Waals surface area contributed by atoms with Gasteiger partial charge in [0.05, 0.1) is 0 Å². The zero-order valence-corrected chi connectivity index (χ0v) is 11.8. The Morgan fingerprint density at radius 1 is 1.28 bits per heavy atom. The number of aromatic hydroxyl groups is 1. The van der Waals surface area contributed by atoms with Crippen LogP contribution in [0.5, 0.6) is 5.75 Å². The Balaban J connectivity index is 1.88. The lowest BCUT2D eigenvalue weighted by Gasteiger charge is -2.33. The van der Waals surface area contributed by atoms with Gasteiger partial charge < -0.3 is 10.4 Å². The second-order valence-electron chi connectivity index (χ2n) is 5.71. The molecule has 100 valence electrons. The van der Waals surface area contributed by atoms with Gasteiger partial charge in [-0.05, 0) is 30.4 Å². The molecule has 2 nitrogen and oxygen atoms in total. The molecule has 3 heteroatoms. The number of hydrogen-bond donors (Lipinski definition) is 2. The quantitative estimate of drug-likeness (QED) is 0.861. The molecular formula is C15H22ClNO. The first kappa shape index (κ1) is 13.7. The van der Waals surface area contributed by atoms with Crippen LogP contribution in [0.4, 0.5) is 0 Å². The van der Waals surface area contributed by atoms with Crippen molar-refractivity contribution in [1.29, 1.82) is 0 Å². The van der Waals surface area contributed by atoms with Crippen LogP contribution < -0.4 is 5.32 Å². The summed E-state index contributed by atoms with van der Waals surface area (Å²) in [5, 5.41) is 13.9. The molecule has 1 aliphatic rings. The molecule has 1 aromatic rings. The molecule has 2 rings (SSSR count). The number of hydrogen-bond acceptors (Lipinski definition) is 2. The van der Waals surface area contributed by atoms with Crippen LogP contribution in [-0.4, -0.2) is 11.7 Å². The van der Waals surface area contributed by atoms with Crippen molar-refractivity contribution in [2.75, 3.05) is 6.54 Å². The zero-order chi connectivity index (χ0) is 13.0. The van der Waals surface area contributed by atoms with Gasteiger partial charge in [-0.25, -0.2) is 0 Å². The molecule has 0 spiro atoms. The average Bonchev–Trinajstić information content (AvgIpc) is 2.34. The van der Waals surface area contributed by atoms with Crippen molar-refractivity contribution in [1.82, 2.24) is 5.32 Å². The molecule has 0 aliphatic heterocycles. The first-order valence-electron chi connectivity index (χ1n) is 6.78. The summed E-state index contributed by atoms with van der Waals surface area (Å²) in [6.45, 7) is 3.99. The highest BCUT2D eigenvalue weighted by Crippen LogP contribution is 2.35. The Kier molecular flexibility index (Phi) is 4.52. The van der Waals surface area contributed by atoms with Crippen LogP contribution in [0.1, 0.15) is 44.6 Å². The summed E-state index contributed by atoms with van der Waals surface area (Å²) in [5.74, 6) is 0.281. The fraction of sp³-hybridized carbons (Fsp3) is 0.600. The van der Waals surface area contributed by atoms with Gasteiger partial charge in [-0.2, -0.15) is 0 Å². The van der Waals surface area contributed by atoms with Gasteiger partial charge in [-0.3, -0.25) is 0 Å². The molecule has 0 heterocycles. The summed E-state index contributed by atoms with van der Waals surface area (Å²) in [6, 6.07) is 5.27. The maximum Gasteiger partial charge on any atom is 0.121 e. The van der Waals surface area contributed by atoms with Gasteiger partial charge >= 0.3 is 0 Å². The third-order valence-electron chi connectivity index (χ3n) is 4.01. The van der Waals surface area contributed by atoms with Crippen LogP contribution in [0.3, 0.4) is 0 Å². The molecule has 0 radical (unpaired) electrons. The van der Waals surface area contributed by atoms with Crippen molar-refractivity contribution in [3.63, 3.8) is 0 Å². The highest BCUT2D eigenvalue weighted by molar-refractivity contribution is 6.31. The molecule has 0 aromatic heterocycles. The van der Waals surface area contributed by atoms with Gasteiger partial charge in [0.25, 0.3) is 0 Å². The molecule has 1 aliphatic carbocycles. The molecule has 1 fully saturated rings. The van der Waals surface area contributed by atoms with Crippen LogP contribution in [0.25, 0.3) is 0 Å². The van der Waals surface area contributed by atoms with Gasteiger partial charge in [-0.15, -0.1) is 0 Å². The van der Waals surface area contributed by atoms with E-state index in [4.69, 9.17) is 11.6 Å². The molecule has 0 amide bonds. The molecular weight excluding hydrogens is 246 g/mol. The van der Waals surface area contributed by atoms with E-state index in [2.05, 4.69) is 12.2 Å². The van der Waals surface area contributed by atoms with E-state index < -0.39 is 0 Å². The van der Waals surface area contributed by atoms with E-state index in [0.717, 1.165) is 12.1 Å². The predicted molar refractivity (Wildman–Crippen MR) is 76.0 cm³/mol. The number of phenols is 1. The minimum atomic E-state index is 0.281. The summed E-state index contributed by atoms with van der Waals surface area (Å²) in [4.78, 5) is 0. The second-order valence-corrected chi connectivity index (χ2v) is 6.12. The molecule has 1 saturated carbocycles. The lowest BCUT2D eigenvalue weighted by Crippen LogP contribution is -2.33. The third-order valence-corrected chi connectivity index (χ3v) is 4.36. The average molecular weight is 268 g/mol. The Bertz CT molecular complexity index is 379. The Morgan fingerprint density at radius 3 is 2.67 bits per heavy atom. The van der Waals surface area contributed by atoms with Gasteiger partial charge in [0.2, 0.25) is 0 Å². The first-order chi connectivity index (χ1) is 8.61. The van der Waals surface area contributed by atoms with E-state index in [1.807, 2.05) is 6.07 Å². The normalized spacial score (nSPS) is 18.8. The summed E-state index contributed by atoms with van der Waals surface area (Å²) >= 11 is 6.09. The molecule has 0 unspecified atom stereocenters. The lowest BCUT2D eigenvalue weighted by atomic mass is 9.76. The first-order valence-corrected chi connectivity index (χ1v) is 7.16. The molecule has 0 bridgehead atoms. The molecule has 0 saturated heterocycles. The monoisotopic (exact) mass is 267 g/mol. The largest absolute Gasteiger partial charge is 0.508 e. The predicted octanol–water partition coefficient (Wildman–Crippen LogP) is 4.11. The summed E-state index contributed by atoms with van der Waals surface area (Å²) in [7, 11) is 0. The minimum absolute atomic E-state index is 0.281.